The number of nitrogens with two attached hydrogens (primary N) is 1. The van der Waals surface area contributed by atoms with Gasteiger partial charge in [0.1, 0.15) is 0 Å². The number of carbonyl (C=O) groups is 2. The number of primary amides is 1. The zero-order valence-electron chi connectivity index (χ0n) is 5.67. The molecule has 4 nitrogen and oxygen atoms in total. The summed E-state index contributed by atoms with van der Waals surface area (Å²) in [5.74, 6) is -1.20. The van der Waals surface area contributed by atoms with Gasteiger partial charge in [-0.15, -0.1) is 0 Å². The summed E-state index contributed by atoms with van der Waals surface area (Å²) in [6.45, 7) is 0. The van der Waals surface area contributed by atoms with Gasteiger partial charge >= 0.3 is 5.97 Å². The van der Waals surface area contributed by atoms with Crippen molar-refractivity contribution in [2.75, 3.05) is 0 Å². The molecule has 0 spiro atoms. The second-order valence-corrected chi connectivity index (χ2v) is 2.07. The zero-order chi connectivity index (χ0) is 7.98. The number of carbonyl (C=O) groups excluding carboxylic acids is 1. The van der Waals surface area contributed by atoms with Crippen LogP contribution in [0.15, 0.2) is 0 Å². The van der Waals surface area contributed by atoms with Gasteiger partial charge in [-0.2, -0.15) is 0 Å². The molecule has 0 radical (unpaired) electrons. The van der Waals surface area contributed by atoms with Crippen LogP contribution in [0.3, 0.4) is 0 Å². The standard InChI is InChI=1S/C6H11NO3/c7-5(8)3-1-2-4-6(9)10/h1-4H2,(H2,7,8)(H,9,10). The van der Waals surface area contributed by atoms with Crippen molar-refractivity contribution in [1.29, 1.82) is 0 Å². The van der Waals surface area contributed by atoms with Crippen LogP contribution in [0.1, 0.15) is 25.7 Å². The summed E-state index contributed by atoms with van der Waals surface area (Å²) < 4.78 is 0. The van der Waals surface area contributed by atoms with Crippen molar-refractivity contribution in [1.82, 2.24) is 0 Å². The van der Waals surface area contributed by atoms with Gasteiger partial charge < -0.3 is 10.8 Å². The number of hydrogen-bond acceptors (Lipinski definition) is 2. The first-order chi connectivity index (χ1) is 4.63. The summed E-state index contributed by atoms with van der Waals surface area (Å²) in [5.41, 5.74) is 4.82. The molecule has 1 amide bonds. The third kappa shape index (κ3) is 6.94. The van der Waals surface area contributed by atoms with E-state index in [4.69, 9.17) is 10.8 Å². The maximum absolute atomic E-state index is 10.1. The van der Waals surface area contributed by atoms with Crippen LogP contribution in [0.4, 0.5) is 0 Å². The summed E-state index contributed by atoms with van der Waals surface area (Å²) in [7, 11) is 0. The highest BCUT2D eigenvalue weighted by atomic mass is 16.4. The van der Waals surface area contributed by atoms with E-state index in [-0.39, 0.29) is 18.7 Å². The second kappa shape index (κ2) is 4.78. The van der Waals surface area contributed by atoms with Gasteiger partial charge in [0.2, 0.25) is 5.91 Å². The summed E-state index contributed by atoms with van der Waals surface area (Å²) in [6.07, 6.45) is 1.50. The lowest BCUT2D eigenvalue weighted by atomic mass is 10.2. The number of hydrogen-bond donors (Lipinski definition) is 2. The first kappa shape index (κ1) is 8.94. The van der Waals surface area contributed by atoms with E-state index < -0.39 is 5.97 Å². The average Bonchev–Trinajstić information content (AvgIpc) is 1.79. The van der Waals surface area contributed by atoms with Crippen LogP contribution in [0.2, 0.25) is 0 Å². The Morgan fingerprint density at radius 2 is 1.70 bits per heavy atom. The van der Waals surface area contributed by atoms with Crippen molar-refractivity contribution >= 4 is 11.9 Å². The first-order valence-corrected chi connectivity index (χ1v) is 3.13. The molecule has 0 aromatic carbocycles. The molecule has 0 unspecified atom stereocenters. The van der Waals surface area contributed by atoms with Crippen LogP contribution in [0.25, 0.3) is 0 Å². The highest BCUT2D eigenvalue weighted by Crippen LogP contribution is 1.97. The fourth-order valence-corrected chi connectivity index (χ4v) is 0.575. The van der Waals surface area contributed by atoms with Gasteiger partial charge in [0.05, 0.1) is 0 Å². The molecule has 0 saturated heterocycles. The maximum atomic E-state index is 10.1. The van der Waals surface area contributed by atoms with E-state index in [1.54, 1.807) is 0 Å². The minimum absolute atomic E-state index is 0.118. The second-order valence-electron chi connectivity index (χ2n) is 2.07. The normalized spacial score (nSPS) is 9.20. The molecule has 0 fully saturated rings. The summed E-state index contributed by atoms with van der Waals surface area (Å²) in [4.78, 5) is 20.0. The monoisotopic (exact) mass is 145 g/mol. The topological polar surface area (TPSA) is 80.4 Å². The summed E-state index contributed by atoms with van der Waals surface area (Å²) in [6, 6.07) is 0. The van der Waals surface area contributed by atoms with E-state index in [9.17, 15) is 9.59 Å². The van der Waals surface area contributed by atoms with Gasteiger partial charge in [-0.25, -0.2) is 0 Å². The Kier molecular flexibility index (Phi) is 4.28. The van der Waals surface area contributed by atoms with Gasteiger partial charge in [0.25, 0.3) is 0 Å². The minimum Gasteiger partial charge on any atom is -0.481 e. The van der Waals surface area contributed by atoms with Crippen LogP contribution in [0, 0.1) is 0 Å². The van der Waals surface area contributed by atoms with Crippen molar-refractivity contribution in [3.05, 3.63) is 0 Å². The van der Waals surface area contributed by atoms with Crippen molar-refractivity contribution in [2.45, 2.75) is 25.7 Å². The molecule has 58 valence electrons. The van der Waals surface area contributed by atoms with Gasteiger partial charge in [0.15, 0.2) is 0 Å². The van der Waals surface area contributed by atoms with E-state index in [0.717, 1.165) is 0 Å². The van der Waals surface area contributed by atoms with E-state index in [1.165, 1.54) is 0 Å². The third-order valence-electron chi connectivity index (χ3n) is 1.06. The summed E-state index contributed by atoms with van der Waals surface area (Å²) >= 11 is 0. The molecule has 0 heterocycles. The first-order valence-electron chi connectivity index (χ1n) is 3.13. The van der Waals surface area contributed by atoms with Crippen molar-refractivity contribution < 1.29 is 14.7 Å². The molecule has 0 aromatic rings. The molecule has 0 atom stereocenters. The Labute approximate surface area is 59.0 Å². The predicted octanol–water partition coefficient (Wildman–Crippen LogP) is 0.117. The number of rotatable bonds is 5. The number of unbranched alkanes of at least 4 members (excludes halogenated alkanes) is 1. The van der Waals surface area contributed by atoms with Crippen molar-refractivity contribution in [3.63, 3.8) is 0 Å². The van der Waals surface area contributed by atoms with Crippen LogP contribution >= 0.6 is 0 Å². The van der Waals surface area contributed by atoms with Crippen LogP contribution in [-0.2, 0) is 9.59 Å². The summed E-state index contributed by atoms with van der Waals surface area (Å²) in [5, 5.41) is 8.16. The van der Waals surface area contributed by atoms with E-state index in [1.807, 2.05) is 0 Å². The van der Waals surface area contributed by atoms with E-state index >= 15 is 0 Å². The highest BCUT2D eigenvalue weighted by Gasteiger charge is 1.97. The Morgan fingerprint density at radius 1 is 1.20 bits per heavy atom. The highest BCUT2D eigenvalue weighted by molar-refractivity contribution is 5.73. The predicted molar refractivity (Wildman–Crippen MR) is 35.3 cm³/mol. The third-order valence-corrected chi connectivity index (χ3v) is 1.06. The Morgan fingerprint density at radius 3 is 2.10 bits per heavy atom. The fraction of sp³-hybridized carbons (Fsp3) is 0.667. The zero-order valence-corrected chi connectivity index (χ0v) is 5.67. The molecule has 0 aliphatic rings. The molecule has 0 aromatic heterocycles. The van der Waals surface area contributed by atoms with Crippen molar-refractivity contribution in [2.24, 2.45) is 5.73 Å². The maximum Gasteiger partial charge on any atom is 0.303 e. The molecule has 0 rings (SSSR count). The van der Waals surface area contributed by atoms with Crippen molar-refractivity contribution in [3.8, 4) is 0 Å². The smallest absolute Gasteiger partial charge is 0.303 e. The van der Waals surface area contributed by atoms with Crippen LogP contribution in [-0.4, -0.2) is 17.0 Å². The van der Waals surface area contributed by atoms with E-state index in [2.05, 4.69) is 0 Å². The number of carboxylic acid groups (broad SMARTS) is 1. The lowest BCUT2D eigenvalue weighted by Crippen LogP contribution is -2.09. The lowest BCUT2D eigenvalue weighted by Gasteiger charge is -1.92. The molecule has 0 bridgehead atoms. The Hall–Kier alpha value is -1.06. The quantitative estimate of drug-likeness (QED) is 0.539. The fourth-order valence-electron chi connectivity index (χ4n) is 0.575. The SMILES string of the molecule is NC(=O)CCCCC(=O)O. The molecule has 0 saturated carbocycles. The molecule has 3 N–H and O–H groups in total. The number of aliphatic carboxylic acids is 1. The van der Waals surface area contributed by atoms with Crippen LogP contribution < -0.4 is 5.73 Å². The molecule has 0 aliphatic heterocycles. The molecular formula is C6H11NO3. The molecule has 4 heteroatoms. The van der Waals surface area contributed by atoms with Gasteiger partial charge in [-0.1, -0.05) is 0 Å². The van der Waals surface area contributed by atoms with Gasteiger partial charge in [0, 0.05) is 12.8 Å². The largest absolute Gasteiger partial charge is 0.481 e. The lowest BCUT2D eigenvalue weighted by molar-refractivity contribution is -0.137. The minimum atomic E-state index is -0.829. The Bertz CT molecular complexity index is 117. The Balaban J connectivity index is 3.06. The van der Waals surface area contributed by atoms with Gasteiger partial charge in [-0.05, 0) is 12.8 Å². The van der Waals surface area contributed by atoms with Gasteiger partial charge in [-0.3, -0.25) is 9.59 Å². The number of amides is 1. The van der Waals surface area contributed by atoms with Crippen LogP contribution in [0.5, 0.6) is 0 Å². The molecular weight excluding hydrogens is 134 g/mol. The average molecular weight is 145 g/mol. The molecule has 10 heavy (non-hydrogen) atoms. The number of carboxylic acids is 1. The molecule has 0 aliphatic carbocycles. The van der Waals surface area contributed by atoms with E-state index in [0.29, 0.717) is 12.8 Å².